The largest absolute Gasteiger partial charge is 0.338 e. The second-order valence-electron chi connectivity index (χ2n) is 8.13. The van der Waals surface area contributed by atoms with E-state index in [1.807, 2.05) is 23.1 Å². The topological polar surface area (TPSA) is 36.4 Å². The van der Waals surface area contributed by atoms with Crippen LogP contribution in [-0.2, 0) is 17.9 Å². The Labute approximate surface area is 183 Å². The Bertz CT molecular complexity index is 985. The van der Waals surface area contributed by atoms with E-state index in [0.717, 1.165) is 48.7 Å². The van der Waals surface area contributed by atoms with E-state index in [0.29, 0.717) is 12.5 Å². The lowest BCUT2D eigenvalue weighted by Gasteiger charge is -2.26. The molecule has 1 aliphatic rings. The summed E-state index contributed by atoms with van der Waals surface area (Å²) in [6, 6.07) is 19.1. The fraction of sp³-hybridized carbons (Fsp3) is 0.360. The smallest absolute Gasteiger partial charge is 0.222 e. The molecule has 3 aromatic rings. The van der Waals surface area contributed by atoms with E-state index in [9.17, 15) is 4.79 Å². The van der Waals surface area contributed by atoms with Gasteiger partial charge < -0.3 is 4.90 Å². The Morgan fingerprint density at radius 3 is 2.67 bits per heavy atom. The number of aromatic nitrogens is 1. The maximum Gasteiger partial charge on any atom is 0.222 e. The van der Waals surface area contributed by atoms with Crippen molar-refractivity contribution in [1.29, 1.82) is 0 Å². The molecule has 30 heavy (non-hydrogen) atoms. The van der Waals surface area contributed by atoms with E-state index in [-0.39, 0.29) is 5.91 Å². The molecule has 1 aliphatic heterocycles. The number of benzene rings is 2. The molecule has 1 atom stereocenters. The number of rotatable bonds is 6. The summed E-state index contributed by atoms with van der Waals surface area (Å²) in [5, 5.41) is 3.27. The molecule has 4 nitrogen and oxygen atoms in total. The zero-order valence-electron chi connectivity index (χ0n) is 17.8. The van der Waals surface area contributed by atoms with Gasteiger partial charge >= 0.3 is 0 Å². The molecule has 1 unspecified atom stereocenters. The maximum absolute atomic E-state index is 12.7. The quantitative estimate of drug-likeness (QED) is 0.556. The van der Waals surface area contributed by atoms with Gasteiger partial charge in [0.05, 0.1) is 12.2 Å². The highest BCUT2D eigenvalue weighted by atomic mass is 32.1. The number of hydrogen-bond acceptors (Lipinski definition) is 4. The van der Waals surface area contributed by atoms with Gasteiger partial charge in [-0.15, -0.1) is 11.3 Å². The van der Waals surface area contributed by atoms with Crippen molar-refractivity contribution in [1.82, 2.24) is 14.8 Å². The SMILES string of the molecule is Cc1ccccc1CN1CCC(N(C)Cc2nc(-c3ccccc3)cs2)CCC1=O. The van der Waals surface area contributed by atoms with Crippen molar-refractivity contribution < 1.29 is 4.79 Å². The van der Waals surface area contributed by atoms with E-state index in [4.69, 9.17) is 4.98 Å². The standard InChI is InChI=1S/C25H29N3OS/c1-19-8-6-7-11-21(19)16-28-15-14-22(12-13-25(28)29)27(2)17-24-26-23(18-30-24)20-9-4-3-5-10-20/h3-11,18,22H,12-17H2,1-2H3. The van der Waals surface area contributed by atoms with Crippen LogP contribution in [0, 0.1) is 6.92 Å². The number of amides is 1. The normalized spacial score (nSPS) is 17.4. The van der Waals surface area contributed by atoms with E-state index in [2.05, 4.69) is 60.6 Å². The molecule has 156 valence electrons. The highest BCUT2D eigenvalue weighted by Gasteiger charge is 2.25. The van der Waals surface area contributed by atoms with Crippen LogP contribution in [0.4, 0.5) is 0 Å². The summed E-state index contributed by atoms with van der Waals surface area (Å²) in [6.45, 7) is 4.48. The molecule has 5 heteroatoms. The second-order valence-corrected chi connectivity index (χ2v) is 9.07. The maximum atomic E-state index is 12.7. The van der Waals surface area contributed by atoms with Gasteiger partial charge in [-0.25, -0.2) is 4.98 Å². The van der Waals surface area contributed by atoms with Crippen molar-refractivity contribution in [3.8, 4) is 11.3 Å². The third kappa shape index (κ3) is 4.97. The lowest BCUT2D eigenvalue weighted by atomic mass is 10.1. The summed E-state index contributed by atoms with van der Waals surface area (Å²) >= 11 is 1.72. The molecular formula is C25H29N3OS. The minimum atomic E-state index is 0.273. The number of aryl methyl sites for hydroxylation is 1. The first kappa shape index (κ1) is 20.8. The lowest BCUT2D eigenvalue weighted by molar-refractivity contribution is -0.131. The Morgan fingerprint density at radius 2 is 1.87 bits per heavy atom. The molecule has 1 saturated heterocycles. The third-order valence-electron chi connectivity index (χ3n) is 6.03. The summed E-state index contributed by atoms with van der Waals surface area (Å²) in [7, 11) is 2.16. The Morgan fingerprint density at radius 1 is 1.10 bits per heavy atom. The highest BCUT2D eigenvalue weighted by molar-refractivity contribution is 7.09. The molecule has 0 aliphatic carbocycles. The molecule has 2 heterocycles. The van der Waals surface area contributed by atoms with Crippen molar-refractivity contribution in [3.63, 3.8) is 0 Å². The molecule has 2 aromatic carbocycles. The summed E-state index contributed by atoms with van der Waals surface area (Å²) in [4.78, 5) is 22.0. The molecule has 4 rings (SSSR count). The molecule has 1 amide bonds. The number of nitrogens with zero attached hydrogens (tertiary/aromatic N) is 3. The van der Waals surface area contributed by atoms with Crippen LogP contribution in [0.3, 0.4) is 0 Å². The Balaban J connectivity index is 1.36. The van der Waals surface area contributed by atoms with Gasteiger partial charge in [-0.1, -0.05) is 54.6 Å². The van der Waals surface area contributed by atoms with Crippen LogP contribution < -0.4 is 0 Å². The van der Waals surface area contributed by atoms with E-state index in [1.54, 1.807) is 11.3 Å². The summed E-state index contributed by atoms with van der Waals surface area (Å²) in [5.74, 6) is 0.273. The van der Waals surface area contributed by atoms with Crippen LogP contribution in [0.2, 0.25) is 0 Å². The predicted octanol–water partition coefficient (Wildman–Crippen LogP) is 5.13. The van der Waals surface area contributed by atoms with E-state index >= 15 is 0 Å². The van der Waals surface area contributed by atoms with Gasteiger partial charge in [-0.2, -0.15) is 0 Å². The fourth-order valence-electron chi connectivity index (χ4n) is 4.09. The first-order valence-electron chi connectivity index (χ1n) is 10.6. The highest BCUT2D eigenvalue weighted by Crippen LogP contribution is 2.25. The first-order valence-corrected chi connectivity index (χ1v) is 11.5. The van der Waals surface area contributed by atoms with Crippen molar-refractivity contribution in [2.75, 3.05) is 13.6 Å². The lowest BCUT2D eigenvalue weighted by Crippen LogP contribution is -2.33. The van der Waals surface area contributed by atoms with Crippen molar-refractivity contribution >= 4 is 17.2 Å². The zero-order chi connectivity index (χ0) is 20.9. The third-order valence-corrected chi connectivity index (χ3v) is 6.86. The Hall–Kier alpha value is -2.50. The van der Waals surface area contributed by atoms with Gasteiger partial charge in [-0.3, -0.25) is 9.69 Å². The van der Waals surface area contributed by atoms with E-state index < -0.39 is 0 Å². The van der Waals surface area contributed by atoms with Crippen molar-refractivity contribution in [2.24, 2.45) is 0 Å². The first-order chi connectivity index (χ1) is 14.6. The minimum Gasteiger partial charge on any atom is -0.338 e. The van der Waals surface area contributed by atoms with Gasteiger partial charge in [0.25, 0.3) is 0 Å². The van der Waals surface area contributed by atoms with Crippen LogP contribution in [0.1, 0.15) is 35.4 Å². The number of carbonyl (C=O) groups excluding carboxylic acids is 1. The van der Waals surface area contributed by atoms with Crippen LogP contribution >= 0.6 is 11.3 Å². The number of carbonyl (C=O) groups is 1. The van der Waals surface area contributed by atoms with Crippen molar-refractivity contribution in [2.45, 2.75) is 45.3 Å². The minimum absolute atomic E-state index is 0.273. The average molecular weight is 420 g/mol. The molecule has 1 fully saturated rings. The van der Waals surface area contributed by atoms with Crippen LogP contribution in [0.25, 0.3) is 11.3 Å². The van der Waals surface area contributed by atoms with Crippen LogP contribution in [0.5, 0.6) is 0 Å². The summed E-state index contributed by atoms with van der Waals surface area (Å²) < 4.78 is 0. The van der Waals surface area contributed by atoms with Crippen molar-refractivity contribution in [3.05, 3.63) is 76.1 Å². The molecular weight excluding hydrogens is 390 g/mol. The molecule has 0 radical (unpaired) electrons. The van der Waals surface area contributed by atoms with Gasteiger partial charge in [-0.05, 0) is 37.9 Å². The predicted molar refractivity (Wildman–Crippen MR) is 123 cm³/mol. The summed E-state index contributed by atoms with van der Waals surface area (Å²) in [6.07, 6.45) is 2.54. The molecule has 0 N–H and O–H groups in total. The van der Waals surface area contributed by atoms with Crippen LogP contribution in [-0.4, -0.2) is 40.3 Å². The second kappa shape index (κ2) is 9.54. The fourth-order valence-corrected chi connectivity index (χ4v) is 4.96. The molecule has 0 spiro atoms. The monoisotopic (exact) mass is 419 g/mol. The van der Waals surface area contributed by atoms with E-state index in [1.165, 1.54) is 11.1 Å². The van der Waals surface area contributed by atoms with Gasteiger partial charge in [0, 0.05) is 36.5 Å². The Kier molecular flexibility index (Phi) is 6.60. The summed E-state index contributed by atoms with van der Waals surface area (Å²) in [5.41, 5.74) is 4.70. The number of hydrogen-bond donors (Lipinski definition) is 0. The number of thiazole rings is 1. The van der Waals surface area contributed by atoms with Gasteiger partial charge in [0.2, 0.25) is 5.91 Å². The molecule has 1 aromatic heterocycles. The molecule has 0 bridgehead atoms. The zero-order valence-corrected chi connectivity index (χ0v) is 18.6. The molecule has 0 saturated carbocycles. The van der Waals surface area contributed by atoms with Crippen LogP contribution in [0.15, 0.2) is 60.0 Å². The number of likely N-dealkylation sites (tertiary alicyclic amines) is 1. The average Bonchev–Trinajstić information content (AvgIpc) is 3.14. The van der Waals surface area contributed by atoms with Gasteiger partial charge in [0.15, 0.2) is 0 Å². The van der Waals surface area contributed by atoms with Gasteiger partial charge in [0.1, 0.15) is 5.01 Å².